The lowest BCUT2D eigenvalue weighted by Gasteiger charge is -2.12. The maximum Gasteiger partial charge on any atom is 0.324 e. The highest BCUT2D eigenvalue weighted by Gasteiger charge is 2.32. The van der Waals surface area contributed by atoms with Crippen LogP contribution in [0.2, 0.25) is 0 Å². The van der Waals surface area contributed by atoms with Gasteiger partial charge in [0.05, 0.1) is 6.10 Å². The number of aliphatic hydroxyl groups excluding tert-OH is 1. The normalized spacial score (nSPS) is 16.5. The molecule has 0 spiro atoms. The quantitative estimate of drug-likeness (QED) is 0.529. The molecule has 0 aliphatic rings. The zero-order valence-corrected chi connectivity index (χ0v) is 7.86. The molecule has 0 fully saturated rings. The summed E-state index contributed by atoms with van der Waals surface area (Å²) in [5, 5.41) is 15.5. The van der Waals surface area contributed by atoms with Gasteiger partial charge in [0.1, 0.15) is 0 Å². The topological polar surface area (TPSA) is 112 Å². The van der Waals surface area contributed by atoms with Crippen molar-refractivity contribution in [1.29, 1.82) is 0 Å². The number of aliphatic hydroxyl groups is 1. The third-order valence-electron chi connectivity index (χ3n) is 1.59. The van der Waals surface area contributed by atoms with Gasteiger partial charge in [0, 0.05) is 6.42 Å². The fourth-order valence-electron chi connectivity index (χ4n) is 0.764. The van der Waals surface area contributed by atoms with Gasteiger partial charge in [-0.1, -0.05) is 6.92 Å². The number of hydrogen-bond donors (Lipinski definition) is 3. The van der Waals surface area contributed by atoms with Crippen molar-refractivity contribution in [3.63, 3.8) is 0 Å². The Morgan fingerprint density at radius 2 is 1.92 bits per heavy atom. The van der Waals surface area contributed by atoms with E-state index >= 15 is 0 Å². The van der Waals surface area contributed by atoms with Crippen molar-refractivity contribution in [3.8, 4) is 0 Å². The second-order valence-electron chi connectivity index (χ2n) is 2.64. The molecule has 2 atom stereocenters. The first-order chi connectivity index (χ1) is 5.79. The van der Waals surface area contributed by atoms with Gasteiger partial charge < -0.3 is 10.2 Å². The Morgan fingerprint density at radius 3 is 2.15 bits per heavy atom. The predicted molar refractivity (Wildman–Crippen MR) is 43.9 cm³/mol. The highest BCUT2D eigenvalue weighted by Crippen LogP contribution is 2.09. The third kappa shape index (κ3) is 4.20. The largest absolute Gasteiger partial charge is 0.480 e. The molecule has 78 valence electrons. The zero-order valence-electron chi connectivity index (χ0n) is 7.04. The van der Waals surface area contributed by atoms with Crippen LogP contribution in [0.1, 0.15) is 19.8 Å². The van der Waals surface area contributed by atoms with Gasteiger partial charge in [-0.2, -0.15) is 8.42 Å². The molecular formula is C6H12O6S. The first-order valence-corrected chi connectivity index (χ1v) is 5.16. The molecule has 0 aromatic rings. The molecule has 13 heavy (non-hydrogen) atoms. The Balaban J connectivity index is 4.56. The number of rotatable bonds is 5. The fourth-order valence-corrected chi connectivity index (χ4v) is 1.48. The van der Waals surface area contributed by atoms with Crippen molar-refractivity contribution in [2.75, 3.05) is 0 Å². The molecule has 0 rings (SSSR count). The number of carboxylic acid groups (broad SMARTS) is 1. The standard InChI is InChI=1S/C6H12O6S/c1-2-4(7)3-5(6(8)9)13(10,11)12/h4-5,7H,2-3H2,1H3,(H,8,9)(H,10,11,12). The minimum absolute atomic E-state index is 0.235. The van der Waals surface area contributed by atoms with Gasteiger partial charge in [-0.3, -0.25) is 9.35 Å². The van der Waals surface area contributed by atoms with Crippen LogP contribution in [-0.2, 0) is 14.9 Å². The van der Waals surface area contributed by atoms with Crippen LogP contribution < -0.4 is 0 Å². The fraction of sp³-hybridized carbons (Fsp3) is 0.833. The Morgan fingerprint density at radius 1 is 1.46 bits per heavy atom. The lowest BCUT2D eigenvalue weighted by Crippen LogP contribution is -2.33. The van der Waals surface area contributed by atoms with Crippen LogP contribution in [-0.4, -0.2) is 40.5 Å². The number of carbonyl (C=O) groups is 1. The molecule has 3 N–H and O–H groups in total. The molecule has 0 saturated carbocycles. The van der Waals surface area contributed by atoms with Crippen LogP contribution in [0, 0.1) is 0 Å². The molecule has 0 aromatic heterocycles. The second-order valence-corrected chi connectivity index (χ2v) is 4.24. The molecule has 0 saturated heterocycles. The maximum atomic E-state index is 10.5. The number of carboxylic acids is 1. The summed E-state index contributed by atoms with van der Waals surface area (Å²) in [7, 11) is -4.63. The SMILES string of the molecule is CCC(O)CC(C(=O)O)S(=O)(=O)O. The summed E-state index contributed by atoms with van der Waals surface area (Å²) < 4.78 is 29.4. The van der Waals surface area contributed by atoms with E-state index in [0.29, 0.717) is 0 Å². The van der Waals surface area contributed by atoms with E-state index in [1.54, 1.807) is 6.92 Å². The van der Waals surface area contributed by atoms with Crippen molar-refractivity contribution in [3.05, 3.63) is 0 Å². The van der Waals surface area contributed by atoms with E-state index in [2.05, 4.69) is 0 Å². The van der Waals surface area contributed by atoms with Gasteiger partial charge in [0.2, 0.25) is 0 Å². The molecule has 0 aliphatic carbocycles. The van der Waals surface area contributed by atoms with Crippen molar-refractivity contribution in [2.45, 2.75) is 31.1 Å². The Kier molecular flexibility index (Phi) is 4.31. The molecule has 6 nitrogen and oxygen atoms in total. The first kappa shape index (κ1) is 12.3. The lowest BCUT2D eigenvalue weighted by molar-refractivity contribution is -0.137. The minimum Gasteiger partial charge on any atom is -0.480 e. The molecule has 0 aromatic carbocycles. The Hall–Kier alpha value is -0.660. The molecule has 0 bridgehead atoms. The molecule has 0 aliphatic heterocycles. The van der Waals surface area contributed by atoms with Gasteiger partial charge in [0.15, 0.2) is 5.25 Å². The monoisotopic (exact) mass is 212 g/mol. The van der Waals surface area contributed by atoms with Crippen molar-refractivity contribution >= 4 is 16.1 Å². The van der Waals surface area contributed by atoms with E-state index < -0.39 is 33.9 Å². The van der Waals surface area contributed by atoms with E-state index in [-0.39, 0.29) is 6.42 Å². The highest BCUT2D eigenvalue weighted by molar-refractivity contribution is 7.87. The summed E-state index contributed by atoms with van der Waals surface area (Å²) in [6.07, 6.45) is -1.30. The van der Waals surface area contributed by atoms with Crippen molar-refractivity contribution in [2.24, 2.45) is 0 Å². The Bertz CT molecular complexity index is 269. The van der Waals surface area contributed by atoms with Crippen LogP contribution in [0.15, 0.2) is 0 Å². The van der Waals surface area contributed by atoms with Crippen LogP contribution in [0.5, 0.6) is 0 Å². The lowest BCUT2D eigenvalue weighted by atomic mass is 10.1. The molecular weight excluding hydrogens is 200 g/mol. The van der Waals surface area contributed by atoms with Gasteiger partial charge in [0.25, 0.3) is 10.1 Å². The van der Waals surface area contributed by atoms with Gasteiger partial charge in [-0.15, -0.1) is 0 Å². The van der Waals surface area contributed by atoms with Gasteiger partial charge >= 0.3 is 5.97 Å². The molecule has 7 heteroatoms. The maximum absolute atomic E-state index is 10.5. The van der Waals surface area contributed by atoms with E-state index in [1.165, 1.54) is 0 Å². The molecule has 0 heterocycles. The second kappa shape index (κ2) is 4.54. The summed E-state index contributed by atoms with van der Waals surface area (Å²) in [5.41, 5.74) is 0. The van der Waals surface area contributed by atoms with Crippen LogP contribution >= 0.6 is 0 Å². The molecule has 0 amide bonds. The smallest absolute Gasteiger partial charge is 0.324 e. The number of hydrogen-bond acceptors (Lipinski definition) is 4. The van der Waals surface area contributed by atoms with E-state index in [0.717, 1.165) is 0 Å². The average molecular weight is 212 g/mol. The minimum atomic E-state index is -4.63. The zero-order chi connectivity index (χ0) is 10.6. The first-order valence-electron chi connectivity index (χ1n) is 3.66. The predicted octanol–water partition coefficient (Wildman–Crippen LogP) is -0.512. The van der Waals surface area contributed by atoms with Gasteiger partial charge in [-0.25, -0.2) is 0 Å². The number of aliphatic carboxylic acids is 1. The van der Waals surface area contributed by atoms with E-state index in [9.17, 15) is 13.2 Å². The van der Waals surface area contributed by atoms with E-state index in [4.69, 9.17) is 14.8 Å². The van der Waals surface area contributed by atoms with Gasteiger partial charge in [-0.05, 0) is 6.42 Å². The van der Waals surface area contributed by atoms with Crippen molar-refractivity contribution in [1.82, 2.24) is 0 Å². The summed E-state index contributed by atoms with van der Waals surface area (Å²) >= 11 is 0. The third-order valence-corrected chi connectivity index (χ3v) is 2.71. The molecule has 0 radical (unpaired) electrons. The summed E-state index contributed by atoms with van der Waals surface area (Å²) in [4.78, 5) is 10.3. The summed E-state index contributed by atoms with van der Waals surface area (Å²) in [5.74, 6) is -1.66. The summed E-state index contributed by atoms with van der Waals surface area (Å²) in [6, 6.07) is 0. The summed E-state index contributed by atoms with van der Waals surface area (Å²) in [6.45, 7) is 1.58. The average Bonchev–Trinajstić information content (AvgIpc) is 1.96. The Labute approximate surface area is 75.9 Å². The van der Waals surface area contributed by atoms with Crippen LogP contribution in [0.3, 0.4) is 0 Å². The van der Waals surface area contributed by atoms with Crippen molar-refractivity contribution < 1.29 is 28.0 Å². The van der Waals surface area contributed by atoms with Crippen LogP contribution in [0.4, 0.5) is 0 Å². The highest BCUT2D eigenvalue weighted by atomic mass is 32.2. The van der Waals surface area contributed by atoms with Crippen LogP contribution in [0.25, 0.3) is 0 Å². The van der Waals surface area contributed by atoms with E-state index in [1.807, 2.05) is 0 Å². The molecule has 2 unspecified atom stereocenters.